The van der Waals surface area contributed by atoms with Gasteiger partial charge in [-0.15, -0.1) is 0 Å². The SMILES string of the molecule is FC(F)(F)c1cccc(CN(CCCOc2cccc3c2ccn3CCNCc2ccco2)CC(c2ccccc2)c2ccccc2)c1Cl. The monoisotopic (exact) mass is 685 g/mol. The van der Waals surface area contributed by atoms with E-state index in [0.717, 1.165) is 52.7 Å². The number of nitrogens with zero attached hydrogens (tertiary/aromatic N) is 2. The Kier molecular flexibility index (Phi) is 11.4. The molecule has 1 N–H and O–H groups in total. The van der Waals surface area contributed by atoms with Crippen LogP contribution in [0.15, 0.2) is 132 Å². The van der Waals surface area contributed by atoms with Crippen molar-refractivity contribution in [3.8, 4) is 5.75 Å². The molecule has 0 radical (unpaired) electrons. The molecular formula is C40H39ClF3N3O2. The molecule has 0 saturated heterocycles. The number of halogens is 4. The van der Waals surface area contributed by atoms with Gasteiger partial charge in [-0.25, -0.2) is 0 Å². The number of hydrogen-bond donors (Lipinski definition) is 1. The maximum Gasteiger partial charge on any atom is 0.417 e. The molecule has 0 amide bonds. The third-order valence-electron chi connectivity index (χ3n) is 8.68. The molecule has 6 aromatic rings. The first-order chi connectivity index (χ1) is 23.9. The molecule has 0 aliphatic heterocycles. The van der Waals surface area contributed by atoms with Crippen molar-refractivity contribution in [1.82, 2.24) is 14.8 Å². The molecule has 0 aliphatic rings. The number of rotatable bonds is 16. The summed E-state index contributed by atoms with van der Waals surface area (Å²) in [6.07, 6.45) is -0.118. The van der Waals surface area contributed by atoms with Gasteiger partial charge in [0.1, 0.15) is 11.5 Å². The van der Waals surface area contributed by atoms with Crippen molar-refractivity contribution in [2.24, 2.45) is 0 Å². The maximum atomic E-state index is 13.7. The third-order valence-corrected chi connectivity index (χ3v) is 9.13. The lowest BCUT2D eigenvalue weighted by molar-refractivity contribution is -0.137. The number of ether oxygens (including phenoxy) is 1. The fraction of sp³-hybridized carbons (Fsp3) is 0.250. The van der Waals surface area contributed by atoms with E-state index in [1.54, 1.807) is 12.3 Å². The summed E-state index contributed by atoms with van der Waals surface area (Å²) in [4.78, 5) is 2.18. The second-order valence-electron chi connectivity index (χ2n) is 12.0. The van der Waals surface area contributed by atoms with Gasteiger partial charge in [0.05, 0.1) is 35.5 Å². The van der Waals surface area contributed by atoms with E-state index in [1.807, 2.05) is 60.7 Å². The minimum atomic E-state index is -4.53. The standard InChI is InChI=1S/C40H39ClF3N3O2/c41-39-32(15-7-17-36(39)40(42,43)44)28-46(29-35(30-11-3-1-4-12-30)31-13-5-2-6-14-31)22-10-26-49-38-19-8-18-37-34(38)20-23-47(37)24-21-45-27-33-16-9-25-48-33/h1-9,11-20,23,25,35,45H,10,21-22,24,26-29H2. The Balaban J connectivity index is 1.15. The van der Waals surface area contributed by atoms with Gasteiger partial charge in [-0.2, -0.15) is 13.2 Å². The van der Waals surface area contributed by atoms with Crippen molar-refractivity contribution in [3.05, 3.63) is 161 Å². The Morgan fingerprint density at radius 3 is 2.27 bits per heavy atom. The van der Waals surface area contributed by atoms with Crippen LogP contribution in [-0.4, -0.2) is 35.7 Å². The molecule has 0 aliphatic carbocycles. The van der Waals surface area contributed by atoms with Gasteiger partial charge in [0.25, 0.3) is 0 Å². The summed E-state index contributed by atoms with van der Waals surface area (Å²) in [5.74, 6) is 1.72. The summed E-state index contributed by atoms with van der Waals surface area (Å²) < 4.78 is 55.2. The fourth-order valence-corrected chi connectivity index (χ4v) is 6.53. The predicted octanol–water partition coefficient (Wildman–Crippen LogP) is 9.80. The van der Waals surface area contributed by atoms with Crippen LogP contribution in [0.3, 0.4) is 0 Å². The molecule has 0 unspecified atom stereocenters. The van der Waals surface area contributed by atoms with Gasteiger partial charge in [0, 0.05) is 50.2 Å². The number of alkyl halides is 3. The van der Waals surface area contributed by atoms with Gasteiger partial charge in [0.2, 0.25) is 0 Å². The Morgan fingerprint density at radius 1 is 0.837 bits per heavy atom. The molecular weight excluding hydrogens is 647 g/mol. The van der Waals surface area contributed by atoms with Gasteiger partial charge in [-0.1, -0.05) is 90.5 Å². The average Bonchev–Trinajstić information content (AvgIpc) is 3.79. The summed E-state index contributed by atoms with van der Waals surface area (Å²) in [5, 5.41) is 4.19. The zero-order chi connectivity index (χ0) is 34.1. The number of aromatic nitrogens is 1. The molecule has 4 aromatic carbocycles. The average molecular weight is 686 g/mol. The molecule has 0 fully saturated rings. The number of benzene rings is 4. The maximum absolute atomic E-state index is 13.7. The lowest BCUT2D eigenvalue weighted by atomic mass is 9.90. The van der Waals surface area contributed by atoms with E-state index in [-0.39, 0.29) is 17.5 Å². The zero-order valence-corrected chi connectivity index (χ0v) is 27.8. The first kappa shape index (κ1) is 34.4. The van der Waals surface area contributed by atoms with E-state index in [2.05, 4.69) is 57.4 Å². The van der Waals surface area contributed by atoms with Gasteiger partial charge < -0.3 is 19.0 Å². The van der Waals surface area contributed by atoms with Crippen LogP contribution in [0, 0.1) is 0 Å². The Labute approximate surface area is 289 Å². The Bertz CT molecular complexity index is 1850. The van der Waals surface area contributed by atoms with Crippen LogP contribution in [-0.2, 0) is 25.8 Å². The molecule has 2 aromatic heterocycles. The molecule has 0 bridgehead atoms. The molecule has 0 saturated carbocycles. The summed E-state index contributed by atoms with van der Waals surface area (Å²) in [7, 11) is 0. The van der Waals surface area contributed by atoms with E-state index >= 15 is 0 Å². The second-order valence-corrected chi connectivity index (χ2v) is 12.4. The van der Waals surface area contributed by atoms with E-state index in [0.29, 0.717) is 38.2 Å². The zero-order valence-electron chi connectivity index (χ0n) is 27.1. The lowest BCUT2D eigenvalue weighted by Gasteiger charge is -2.29. The van der Waals surface area contributed by atoms with Crippen LogP contribution in [0.4, 0.5) is 13.2 Å². The highest BCUT2D eigenvalue weighted by Crippen LogP contribution is 2.37. The number of nitrogens with one attached hydrogen (secondary N) is 1. The molecule has 2 heterocycles. The Hall–Kier alpha value is -4.50. The summed E-state index contributed by atoms with van der Waals surface area (Å²) in [6, 6.07) is 36.5. The topological polar surface area (TPSA) is 42.6 Å². The smallest absolute Gasteiger partial charge is 0.417 e. The van der Waals surface area contributed by atoms with E-state index < -0.39 is 11.7 Å². The van der Waals surface area contributed by atoms with Crippen LogP contribution >= 0.6 is 11.6 Å². The van der Waals surface area contributed by atoms with Crippen LogP contribution in [0.5, 0.6) is 5.75 Å². The van der Waals surface area contributed by atoms with Gasteiger partial charge >= 0.3 is 6.18 Å². The highest BCUT2D eigenvalue weighted by molar-refractivity contribution is 6.32. The molecule has 49 heavy (non-hydrogen) atoms. The van der Waals surface area contributed by atoms with Crippen molar-refractivity contribution >= 4 is 22.5 Å². The number of fused-ring (bicyclic) bond motifs is 1. The van der Waals surface area contributed by atoms with Crippen molar-refractivity contribution in [3.63, 3.8) is 0 Å². The highest BCUT2D eigenvalue weighted by Gasteiger charge is 2.34. The summed E-state index contributed by atoms with van der Waals surface area (Å²) in [5.41, 5.74) is 2.99. The van der Waals surface area contributed by atoms with E-state index in [9.17, 15) is 13.2 Å². The van der Waals surface area contributed by atoms with Crippen LogP contribution in [0.2, 0.25) is 5.02 Å². The van der Waals surface area contributed by atoms with Crippen LogP contribution in [0.25, 0.3) is 10.9 Å². The van der Waals surface area contributed by atoms with E-state index in [1.165, 1.54) is 6.07 Å². The van der Waals surface area contributed by atoms with Crippen molar-refractivity contribution < 1.29 is 22.3 Å². The molecule has 254 valence electrons. The predicted molar refractivity (Wildman–Crippen MR) is 189 cm³/mol. The first-order valence-electron chi connectivity index (χ1n) is 16.5. The molecule has 5 nitrogen and oxygen atoms in total. The summed E-state index contributed by atoms with van der Waals surface area (Å²) >= 11 is 6.39. The lowest BCUT2D eigenvalue weighted by Crippen LogP contribution is -2.31. The fourth-order valence-electron chi connectivity index (χ4n) is 6.24. The minimum absolute atomic E-state index is 0.00924. The molecule has 9 heteroatoms. The molecule has 0 atom stereocenters. The second kappa shape index (κ2) is 16.3. The van der Waals surface area contributed by atoms with Crippen molar-refractivity contribution in [2.75, 3.05) is 26.2 Å². The normalized spacial score (nSPS) is 12.0. The van der Waals surface area contributed by atoms with Crippen LogP contribution < -0.4 is 10.1 Å². The van der Waals surface area contributed by atoms with Crippen LogP contribution in [0.1, 0.15) is 40.4 Å². The van der Waals surface area contributed by atoms with Gasteiger partial charge in [0.15, 0.2) is 0 Å². The first-order valence-corrected chi connectivity index (χ1v) is 16.8. The molecule has 6 rings (SSSR count). The minimum Gasteiger partial charge on any atom is -0.493 e. The quantitative estimate of drug-likeness (QED) is 0.103. The van der Waals surface area contributed by atoms with Gasteiger partial charge in [-0.05, 0) is 59.5 Å². The van der Waals surface area contributed by atoms with E-state index in [4.69, 9.17) is 20.8 Å². The van der Waals surface area contributed by atoms with Crippen molar-refractivity contribution in [2.45, 2.75) is 38.1 Å². The largest absolute Gasteiger partial charge is 0.493 e. The number of hydrogen-bond acceptors (Lipinski definition) is 4. The third kappa shape index (κ3) is 8.95. The summed E-state index contributed by atoms with van der Waals surface area (Å²) in [6.45, 7) is 4.16. The molecule has 0 spiro atoms. The van der Waals surface area contributed by atoms with Crippen molar-refractivity contribution in [1.29, 1.82) is 0 Å². The Morgan fingerprint density at radius 2 is 1.57 bits per heavy atom. The highest BCUT2D eigenvalue weighted by atomic mass is 35.5. The number of furan rings is 1. The van der Waals surface area contributed by atoms with Gasteiger partial charge in [-0.3, -0.25) is 4.90 Å².